The lowest BCUT2D eigenvalue weighted by Crippen LogP contribution is -2.25. The summed E-state index contributed by atoms with van der Waals surface area (Å²) in [6.45, 7) is 7.85. The Morgan fingerprint density at radius 1 is 1.29 bits per heavy atom. The summed E-state index contributed by atoms with van der Waals surface area (Å²) in [6.07, 6.45) is 0.576. The molecule has 0 N–H and O–H groups in total. The minimum atomic E-state index is 0.202. The van der Waals surface area contributed by atoms with Crippen molar-refractivity contribution in [2.75, 3.05) is 6.54 Å². The number of rotatable bonds is 2. The fourth-order valence-electron chi connectivity index (χ4n) is 2.55. The molecule has 1 aromatic rings. The maximum Gasteiger partial charge on any atom is 0.224 e. The van der Waals surface area contributed by atoms with Crippen LogP contribution in [-0.4, -0.2) is 22.6 Å². The van der Waals surface area contributed by atoms with Gasteiger partial charge >= 0.3 is 0 Å². The molecule has 1 atom stereocenters. The average molecular weight is 249 g/mol. The van der Waals surface area contributed by atoms with Crippen molar-refractivity contribution in [1.29, 1.82) is 0 Å². The van der Waals surface area contributed by atoms with Crippen LogP contribution in [0.4, 0.5) is 0 Å². The number of amides is 1. The smallest absolute Gasteiger partial charge is 0.224 e. The molecule has 3 heteroatoms. The van der Waals surface area contributed by atoms with E-state index < -0.39 is 0 Å². The summed E-state index contributed by atoms with van der Waals surface area (Å²) in [4.78, 5) is 13.7. The molecule has 1 aliphatic rings. The van der Waals surface area contributed by atoms with Crippen LogP contribution in [0.3, 0.4) is 0 Å². The predicted molar refractivity (Wildman–Crippen MR) is 73.5 cm³/mol. The summed E-state index contributed by atoms with van der Waals surface area (Å²) in [5, 5.41) is 0.202. The first kappa shape index (κ1) is 12.5. The first-order valence-corrected chi connectivity index (χ1v) is 6.51. The van der Waals surface area contributed by atoms with Crippen LogP contribution in [0.1, 0.15) is 28.7 Å². The van der Waals surface area contributed by atoms with Gasteiger partial charge in [-0.2, -0.15) is 12.6 Å². The molecule has 1 fully saturated rings. The fraction of sp³-hybridized carbons (Fsp3) is 0.500. The number of nitrogens with zero attached hydrogens (tertiary/aromatic N) is 1. The summed E-state index contributed by atoms with van der Waals surface area (Å²) in [5.74, 6) is 0.226. The van der Waals surface area contributed by atoms with Gasteiger partial charge in [0.1, 0.15) is 0 Å². The minimum absolute atomic E-state index is 0.202. The van der Waals surface area contributed by atoms with Crippen LogP contribution in [0.5, 0.6) is 0 Å². The Morgan fingerprint density at radius 3 is 2.35 bits per heavy atom. The van der Waals surface area contributed by atoms with Gasteiger partial charge in [-0.15, -0.1) is 0 Å². The van der Waals surface area contributed by atoms with Crippen LogP contribution in [0.25, 0.3) is 0 Å². The topological polar surface area (TPSA) is 20.3 Å². The van der Waals surface area contributed by atoms with Crippen molar-refractivity contribution in [2.24, 2.45) is 0 Å². The molecule has 0 spiro atoms. The molecule has 17 heavy (non-hydrogen) atoms. The third-order valence-electron chi connectivity index (χ3n) is 3.38. The zero-order valence-electron chi connectivity index (χ0n) is 10.7. The molecule has 1 heterocycles. The van der Waals surface area contributed by atoms with Gasteiger partial charge in [0, 0.05) is 24.8 Å². The van der Waals surface area contributed by atoms with Crippen LogP contribution >= 0.6 is 12.6 Å². The highest BCUT2D eigenvalue weighted by atomic mass is 32.1. The number of benzene rings is 1. The Kier molecular flexibility index (Phi) is 3.48. The van der Waals surface area contributed by atoms with E-state index in [2.05, 4.69) is 45.5 Å². The van der Waals surface area contributed by atoms with Gasteiger partial charge in [0.15, 0.2) is 0 Å². The van der Waals surface area contributed by atoms with Gasteiger partial charge in [-0.1, -0.05) is 17.7 Å². The van der Waals surface area contributed by atoms with E-state index in [0.717, 1.165) is 13.1 Å². The zero-order chi connectivity index (χ0) is 12.6. The van der Waals surface area contributed by atoms with Crippen molar-refractivity contribution in [3.05, 3.63) is 34.4 Å². The van der Waals surface area contributed by atoms with E-state index in [4.69, 9.17) is 0 Å². The van der Waals surface area contributed by atoms with E-state index >= 15 is 0 Å². The third-order valence-corrected chi connectivity index (χ3v) is 3.73. The molecule has 1 aliphatic heterocycles. The van der Waals surface area contributed by atoms with Gasteiger partial charge in [0.05, 0.1) is 0 Å². The van der Waals surface area contributed by atoms with Crippen molar-refractivity contribution in [2.45, 2.75) is 39.0 Å². The van der Waals surface area contributed by atoms with Crippen LogP contribution in [0.2, 0.25) is 0 Å². The van der Waals surface area contributed by atoms with Crippen LogP contribution in [-0.2, 0) is 11.3 Å². The lowest BCUT2D eigenvalue weighted by atomic mass is 9.99. The van der Waals surface area contributed by atoms with Crippen LogP contribution in [0, 0.1) is 20.8 Å². The maximum absolute atomic E-state index is 11.8. The van der Waals surface area contributed by atoms with Gasteiger partial charge < -0.3 is 4.90 Å². The highest BCUT2D eigenvalue weighted by molar-refractivity contribution is 7.81. The largest absolute Gasteiger partial charge is 0.337 e. The Labute approximate surface area is 108 Å². The normalized spacial score (nSPS) is 20.1. The number of carbonyl (C=O) groups excluding carboxylic acids is 1. The Morgan fingerprint density at radius 2 is 1.88 bits per heavy atom. The van der Waals surface area contributed by atoms with E-state index in [0.29, 0.717) is 6.42 Å². The molecule has 92 valence electrons. The molecule has 1 amide bonds. The van der Waals surface area contributed by atoms with Gasteiger partial charge in [-0.3, -0.25) is 4.79 Å². The maximum atomic E-state index is 11.8. The molecular formula is C14H19NOS. The molecule has 1 aromatic carbocycles. The number of hydrogen-bond acceptors (Lipinski definition) is 2. The van der Waals surface area contributed by atoms with Crippen molar-refractivity contribution in [1.82, 2.24) is 4.90 Å². The SMILES string of the molecule is Cc1cc(C)c(CN2CC(S)CC2=O)c(C)c1. The molecule has 1 saturated heterocycles. The molecule has 2 rings (SSSR count). The summed E-state index contributed by atoms with van der Waals surface area (Å²) >= 11 is 4.38. The fourth-order valence-corrected chi connectivity index (χ4v) is 2.91. The first-order chi connectivity index (χ1) is 7.97. The molecule has 0 bridgehead atoms. The molecular weight excluding hydrogens is 230 g/mol. The van der Waals surface area contributed by atoms with Gasteiger partial charge in [-0.25, -0.2) is 0 Å². The Bertz CT molecular complexity index is 433. The van der Waals surface area contributed by atoms with E-state index in [9.17, 15) is 4.79 Å². The van der Waals surface area contributed by atoms with E-state index in [1.165, 1.54) is 22.3 Å². The lowest BCUT2D eigenvalue weighted by molar-refractivity contribution is -0.128. The van der Waals surface area contributed by atoms with E-state index in [1.54, 1.807) is 0 Å². The van der Waals surface area contributed by atoms with Crippen molar-refractivity contribution >= 4 is 18.5 Å². The quantitative estimate of drug-likeness (QED) is 0.799. The highest BCUT2D eigenvalue weighted by Crippen LogP contribution is 2.23. The molecule has 0 saturated carbocycles. The second kappa shape index (κ2) is 4.73. The minimum Gasteiger partial charge on any atom is -0.337 e. The van der Waals surface area contributed by atoms with Crippen molar-refractivity contribution < 1.29 is 4.79 Å². The molecule has 0 aromatic heterocycles. The molecule has 1 unspecified atom stereocenters. The summed E-state index contributed by atoms with van der Waals surface area (Å²) in [6, 6.07) is 4.36. The van der Waals surface area contributed by atoms with Gasteiger partial charge in [0.2, 0.25) is 5.91 Å². The van der Waals surface area contributed by atoms with Crippen LogP contribution in [0.15, 0.2) is 12.1 Å². The van der Waals surface area contributed by atoms with Gasteiger partial charge in [0.25, 0.3) is 0 Å². The second-order valence-corrected chi connectivity index (χ2v) is 5.74. The average Bonchev–Trinajstić information content (AvgIpc) is 2.51. The number of hydrogen-bond donors (Lipinski definition) is 1. The Balaban J connectivity index is 2.22. The predicted octanol–water partition coefficient (Wildman–Crippen LogP) is 2.64. The number of aryl methyl sites for hydroxylation is 3. The summed E-state index contributed by atoms with van der Waals surface area (Å²) in [5.41, 5.74) is 5.12. The lowest BCUT2D eigenvalue weighted by Gasteiger charge is -2.19. The number of likely N-dealkylation sites (tertiary alicyclic amines) is 1. The zero-order valence-corrected chi connectivity index (χ0v) is 11.6. The number of carbonyl (C=O) groups is 1. The highest BCUT2D eigenvalue weighted by Gasteiger charge is 2.27. The summed E-state index contributed by atoms with van der Waals surface area (Å²) in [7, 11) is 0. The number of thiol groups is 1. The molecule has 2 nitrogen and oxygen atoms in total. The molecule has 0 radical (unpaired) electrons. The van der Waals surface area contributed by atoms with Gasteiger partial charge in [-0.05, 0) is 37.5 Å². The third kappa shape index (κ3) is 2.65. The van der Waals surface area contributed by atoms with E-state index in [1.807, 2.05) is 4.90 Å². The first-order valence-electron chi connectivity index (χ1n) is 6.00. The Hall–Kier alpha value is -0.960. The molecule has 0 aliphatic carbocycles. The standard InChI is InChI=1S/C14H19NOS/c1-9-4-10(2)13(11(3)5-9)8-15-7-12(17)6-14(15)16/h4-5,12,17H,6-8H2,1-3H3. The second-order valence-electron chi connectivity index (χ2n) is 5.01. The van der Waals surface area contributed by atoms with E-state index in [-0.39, 0.29) is 11.2 Å². The van der Waals surface area contributed by atoms with Crippen molar-refractivity contribution in [3.8, 4) is 0 Å². The monoisotopic (exact) mass is 249 g/mol. The summed E-state index contributed by atoms with van der Waals surface area (Å²) < 4.78 is 0. The van der Waals surface area contributed by atoms with Crippen molar-refractivity contribution in [3.63, 3.8) is 0 Å². The van der Waals surface area contributed by atoms with Crippen LogP contribution < -0.4 is 0 Å².